The molecule has 2 aromatic carbocycles. The molecule has 2 heterocycles. The molecule has 0 aliphatic heterocycles. The molecule has 0 radical (unpaired) electrons. The van der Waals surface area contributed by atoms with Crippen molar-refractivity contribution in [2.75, 3.05) is 5.32 Å². The number of benzene rings is 2. The van der Waals surface area contributed by atoms with E-state index in [0.29, 0.717) is 28.6 Å². The molecule has 0 aliphatic rings. The minimum atomic E-state index is -0.526. The Kier molecular flexibility index (Phi) is 6.85. The van der Waals surface area contributed by atoms with Gasteiger partial charge in [0.2, 0.25) is 0 Å². The summed E-state index contributed by atoms with van der Waals surface area (Å²) < 4.78 is 12.7. The Balaban J connectivity index is 1.37. The van der Waals surface area contributed by atoms with Gasteiger partial charge in [-0.25, -0.2) is 0 Å². The maximum Gasteiger partial charge on any atom is 0.292 e. The highest BCUT2D eigenvalue weighted by atomic mass is 35.5. The monoisotopic (exact) mass is 500 g/mol. The van der Waals surface area contributed by atoms with Crippen LogP contribution in [-0.2, 0) is 13.2 Å². The Morgan fingerprint density at radius 3 is 2.71 bits per heavy atom. The summed E-state index contributed by atoms with van der Waals surface area (Å²) in [6.07, 6.45) is 1.59. The van der Waals surface area contributed by atoms with Crippen LogP contribution in [0.15, 0.2) is 65.2 Å². The Morgan fingerprint density at radius 1 is 1.18 bits per heavy atom. The van der Waals surface area contributed by atoms with Crippen molar-refractivity contribution < 1.29 is 18.9 Å². The SMILES string of the molecule is Cc1cc(OCc2ccc(C(=O)Nc3nn(Cc4ccccc4Cl)cc3Cl)o2)ccc1[N+](=O)[O-]. The number of hydrogen-bond acceptors (Lipinski definition) is 6. The average Bonchev–Trinajstić information content (AvgIpc) is 3.40. The molecule has 2 aromatic heterocycles. The molecule has 0 aliphatic carbocycles. The number of anilines is 1. The summed E-state index contributed by atoms with van der Waals surface area (Å²) in [5.41, 5.74) is 1.35. The molecule has 0 saturated carbocycles. The van der Waals surface area contributed by atoms with Crippen molar-refractivity contribution in [3.63, 3.8) is 0 Å². The van der Waals surface area contributed by atoms with E-state index in [1.165, 1.54) is 18.2 Å². The number of carbonyl (C=O) groups excluding carboxylic acids is 1. The molecule has 9 nitrogen and oxygen atoms in total. The summed E-state index contributed by atoms with van der Waals surface area (Å²) in [5.74, 6) is 0.560. The van der Waals surface area contributed by atoms with E-state index >= 15 is 0 Å². The lowest BCUT2D eigenvalue weighted by Crippen LogP contribution is -2.12. The van der Waals surface area contributed by atoms with Gasteiger partial charge in [0.25, 0.3) is 11.6 Å². The van der Waals surface area contributed by atoms with Crippen molar-refractivity contribution in [1.29, 1.82) is 0 Å². The van der Waals surface area contributed by atoms with Crippen LogP contribution in [0.25, 0.3) is 0 Å². The number of nitrogens with one attached hydrogen (secondary N) is 1. The van der Waals surface area contributed by atoms with Gasteiger partial charge in [0.05, 0.1) is 11.5 Å². The van der Waals surface area contributed by atoms with Crippen molar-refractivity contribution in [3.05, 3.63) is 104 Å². The number of nitro benzene ring substituents is 1. The zero-order valence-corrected chi connectivity index (χ0v) is 19.3. The first kappa shape index (κ1) is 23.3. The molecule has 0 unspecified atom stereocenters. The molecule has 34 heavy (non-hydrogen) atoms. The summed E-state index contributed by atoms with van der Waals surface area (Å²) in [6.45, 7) is 2.05. The van der Waals surface area contributed by atoms with E-state index in [-0.39, 0.29) is 28.9 Å². The molecule has 1 N–H and O–H groups in total. The summed E-state index contributed by atoms with van der Waals surface area (Å²) in [7, 11) is 0. The third kappa shape index (κ3) is 5.38. The number of ether oxygens (including phenoxy) is 1. The third-order valence-electron chi connectivity index (χ3n) is 4.87. The number of aryl methyl sites for hydroxylation is 1. The molecule has 1 amide bonds. The number of amides is 1. The highest BCUT2D eigenvalue weighted by molar-refractivity contribution is 6.33. The van der Waals surface area contributed by atoms with Gasteiger partial charge in [0.15, 0.2) is 11.6 Å². The van der Waals surface area contributed by atoms with E-state index in [4.69, 9.17) is 32.4 Å². The normalized spacial score (nSPS) is 10.8. The van der Waals surface area contributed by atoms with Crippen LogP contribution in [0.2, 0.25) is 10.0 Å². The number of halogens is 2. The highest BCUT2D eigenvalue weighted by Gasteiger charge is 2.17. The number of nitro groups is 1. The van der Waals surface area contributed by atoms with E-state index < -0.39 is 10.8 Å². The minimum Gasteiger partial charge on any atom is -0.486 e. The minimum absolute atomic E-state index is 0.0114. The standard InChI is InChI=1S/C23H18Cl2N4O5/c1-14-10-16(6-8-20(14)29(31)32)33-13-17-7-9-21(34-17)23(30)26-22-19(25)12-28(27-22)11-15-4-2-3-5-18(15)24/h2-10,12H,11,13H2,1H3,(H,26,27,30). The first-order valence-electron chi connectivity index (χ1n) is 10.0. The fourth-order valence-corrected chi connectivity index (χ4v) is 3.58. The van der Waals surface area contributed by atoms with E-state index in [1.807, 2.05) is 18.2 Å². The number of aromatic nitrogens is 2. The van der Waals surface area contributed by atoms with Crippen LogP contribution < -0.4 is 10.1 Å². The largest absolute Gasteiger partial charge is 0.486 e. The zero-order valence-electron chi connectivity index (χ0n) is 17.8. The van der Waals surface area contributed by atoms with Crippen molar-refractivity contribution in [2.45, 2.75) is 20.1 Å². The second-order valence-corrected chi connectivity index (χ2v) is 8.14. The zero-order chi connectivity index (χ0) is 24.2. The first-order valence-corrected chi connectivity index (χ1v) is 10.8. The van der Waals surface area contributed by atoms with E-state index in [2.05, 4.69) is 10.4 Å². The number of rotatable bonds is 8. The van der Waals surface area contributed by atoms with Crippen molar-refractivity contribution >= 4 is 40.6 Å². The van der Waals surface area contributed by atoms with Crippen LogP contribution in [0.5, 0.6) is 5.75 Å². The van der Waals surface area contributed by atoms with Crippen LogP contribution in [0.3, 0.4) is 0 Å². The predicted octanol–water partition coefficient (Wildman–Crippen LogP) is 5.88. The van der Waals surface area contributed by atoms with Crippen molar-refractivity contribution in [3.8, 4) is 5.75 Å². The molecule has 0 saturated heterocycles. The second kappa shape index (κ2) is 9.98. The molecular weight excluding hydrogens is 483 g/mol. The number of furan rings is 1. The number of hydrogen-bond donors (Lipinski definition) is 1. The van der Waals surface area contributed by atoms with Gasteiger partial charge in [-0.05, 0) is 42.8 Å². The molecule has 174 valence electrons. The van der Waals surface area contributed by atoms with E-state index in [1.54, 1.807) is 36.0 Å². The van der Waals surface area contributed by atoms with Gasteiger partial charge in [0.1, 0.15) is 23.1 Å². The van der Waals surface area contributed by atoms with E-state index in [9.17, 15) is 14.9 Å². The fraction of sp³-hybridized carbons (Fsp3) is 0.130. The summed E-state index contributed by atoms with van der Waals surface area (Å²) in [5, 5.41) is 18.7. The lowest BCUT2D eigenvalue weighted by molar-refractivity contribution is -0.385. The van der Waals surface area contributed by atoms with E-state index in [0.717, 1.165) is 5.56 Å². The first-order chi connectivity index (χ1) is 16.3. The second-order valence-electron chi connectivity index (χ2n) is 7.33. The van der Waals surface area contributed by atoms with Gasteiger partial charge in [-0.1, -0.05) is 41.4 Å². The van der Waals surface area contributed by atoms with Gasteiger partial charge < -0.3 is 14.5 Å². The van der Waals surface area contributed by atoms with Gasteiger partial charge in [-0.15, -0.1) is 0 Å². The topological polar surface area (TPSA) is 112 Å². The number of nitrogens with zero attached hydrogens (tertiary/aromatic N) is 3. The van der Waals surface area contributed by atoms with Gasteiger partial charge >= 0.3 is 0 Å². The highest BCUT2D eigenvalue weighted by Crippen LogP contribution is 2.25. The molecule has 4 rings (SSSR count). The Labute approximate surface area is 204 Å². The third-order valence-corrected chi connectivity index (χ3v) is 5.52. The van der Waals surface area contributed by atoms with Crippen LogP contribution in [0, 0.1) is 17.0 Å². The van der Waals surface area contributed by atoms with Crippen LogP contribution >= 0.6 is 23.2 Å². The lowest BCUT2D eigenvalue weighted by atomic mass is 10.2. The summed E-state index contributed by atoms with van der Waals surface area (Å²) in [4.78, 5) is 23.0. The van der Waals surface area contributed by atoms with Gasteiger partial charge in [0, 0.05) is 22.8 Å². The molecule has 0 fully saturated rings. The maximum atomic E-state index is 12.6. The molecule has 0 bridgehead atoms. The lowest BCUT2D eigenvalue weighted by Gasteiger charge is -2.05. The van der Waals surface area contributed by atoms with Crippen molar-refractivity contribution in [2.24, 2.45) is 0 Å². The smallest absolute Gasteiger partial charge is 0.292 e. The molecule has 11 heteroatoms. The Hall–Kier alpha value is -3.82. The summed E-state index contributed by atoms with van der Waals surface area (Å²) >= 11 is 12.4. The predicted molar refractivity (Wildman–Crippen MR) is 127 cm³/mol. The average molecular weight is 501 g/mol. The fourth-order valence-electron chi connectivity index (χ4n) is 3.19. The quantitative estimate of drug-likeness (QED) is 0.238. The van der Waals surface area contributed by atoms with Crippen LogP contribution in [0.4, 0.5) is 11.5 Å². The van der Waals surface area contributed by atoms with Gasteiger partial charge in [-0.3, -0.25) is 19.6 Å². The molecule has 4 aromatic rings. The van der Waals surface area contributed by atoms with Crippen molar-refractivity contribution in [1.82, 2.24) is 9.78 Å². The molecule has 0 atom stereocenters. The van der Waals surface area contributed by atoms with Gasteiger partial charge in [-0.2, -0.15) is 5.10 Å². The van der Waals surface area contributed by atoms with Crippen LogP contribution in [0.1, 0.15) is 27.4 Å². The Morgan fingerprint density at radius 2 is 1.97 bits per heavy atom. The van der Waals surface area contributed by atoms with Crippen LogP contribution in [-0.4, -0.2) is 20.6 Å². The number of carbonyl (C=O) groups is 1. The molecule has 0 spiro atoms. The Bertz CT molecular complexity index is 1370. The molecular formula is C23H18Cl2N4O5. The summed E-state index contributed by atoms with van der Waals surface area (Å²) in [6, 6.07) is 14.9. The maximum absolute atomic E-state index is 12.6.